The van der Waals surface area contributed by atoms with E-state index in [-0.39, 0.29) is 18.1 Å². The van der Waals surface area contributed by atoms with E-state index in [4.69, 9.17) is 44.3 Å². The van der Waals surface area contributed by atoms with Crippen LogP contribution in [0.25, 0.3) is 5.69 Å². The minimum Gasteiger partial charge on any atom is -0.490 e. The standard InChI is InChI=1S/C26H22BrCl3N4O4S/c1-3-37-23-12-17(11-20(27)25(23)38-14-16-4-9-21(29)22(30)10-16)24(13-33(35)36)39-26-32-31-15(2)34(26)19-7-5-18(28)6-8-19/h4-12,24H,3,13-14H2,1-2H3/t24-/m1/s1. The van der Waals surface area contributed by atoms with Crippen LogP contribution in [0, 0.1) is 17.0 Å². The maximum Gasteiger partial charge on any atom is 0.220 e. The fraction of sp³-hybridized carbons (Fsp3) is 0.231. The van der Waals surface area contributed by atoms with Crippen molar-refractivity contribution in [3.63, 3.8) is 0 Å². The Morgan fingerprint density at radius 3 is 2.46 bits per heavy atom. The average molecular weight is 673 g/mol. The molecule has 0 saturated heterocycles. The van der Waals surface area contributed by atoms with Gasteiger partial charge in [-0.1, -0.05) is 52.6 Å². The predicted molar refractivity (Wildman–Crippen MR) is 158 cm³/mol. The second kappa shape index (κ2) is 13.2. The summed E-state index contributed by atoms with van der Waals surface area (Å²) in [5.41, 5.74) is 2.28. The highest BCUT2D eigenvalue weighted by atomic mass is 79.9. The molecule has 3 aromatic carbocycles. The zero-order chi connectivity index (χ0) is 28.1. The third kappa shape index (κ3) is 7.37. The summed E-state index contributed by atoms with van der Waals surface area (Å²) < 4.78 is 14.4. The highest BCUT2D eigenvalue weighted by Crippen LogP contribution is 2.43. The van der Waals surface area contributed by atoms with Crippen LogP contribution in [0.1, 0.15) is 29.1 Å². The zero-order valence-electron chi connectivity index (χ0n) is 20.7. The van der Waals surface area contributed by atoms with Crippen molar-refractivity contribution in [1.29, 1.82) is 0 Å². The van der Waals surface area contributed by atoms with Crippen molar-refractivity contribution in [2.24, 2.45) is 0 Å². The van der Waals surface area contributed by atoms with E-state index in [1.54, 1.807) is 36.4 Å². The average Bonchev–Trinajstić information content (AvgIpc) is 3.25. The smallest absolute Gasteiger partial charge is 0.220 e. The Morgan fingerprint density at radius 1 is 1.05 bits per heavy atom. The molecule has 8 nitrogen and oxygen atoms in total. The van der Waals surface area contributed by atoms with Crippen LogP contribution in [0.5, 0.6) is 11.5 Å². The summed E-state index contributed by atoms with van der Waals surface area (Å²) in [7, 11) is 0. The second-order valence-electron chi connectivity index (χ2n) is 8.26. The molecule has 13 heteroatoms. The number of hydrogen-bond acceptors (Lipinski definition) is 7. The Balaban J connectivity index is 1.66. The molecule has 0 N–H and O–H groups in total. The molecule has 0 bridgehead atoms. The maximum absolute atomic E-state index is 11.7. The van der Waals surface area contributed by atoms with Crippen LogP contribution in [-0.2, 0) is 6.61 Å². The van der Waals surface area contributed by atoms with Gasteiger partial charge in [0.1, 0.15) is 17.7 Å². The lowest BCUT2D eigenvalue weighted by Crippen LogP contribution is -2.12. The Morgan fingerprint density at radius 2 is 1.79 bits per heavy atom. The molecule has 0 aliphatic rings. The van der Waals surface area contributed by atoms with Gasteiger partial charge < -0.3 is 9.47 Å². The summed E-state index contributed by atoms with van der Waals surface area (Å²) in [6, 6.07) is 16.0. The predicted octanol–water partition coefficient (Wildman–Crippen LogP) is 8.39. The lowest BCUT2D eigenvalue weighted by molar-refractivity contribution is -0.479. The number of aryl methyl sites for hydroxylation is 1. The van der Waals surface area contributed by atoms with Crippen LogP contribution in [0.2, 0.25) is 15.1 Å². The largest absolute Gasteiger partial charge is 0.490 e. The van der Waals surface area contributed by atoms with Crippen LogP contribution < -0.4 is 9.47 Å². The number of thioether (sulfide) groups is 1. The number of halogens is 4. The Bertz CT molecular complexity index is 1490. The van der Waals surface area contributed by atoms with Gasteiger partial charge in [-0.3, -0.25) is 14.7 Å². The fourth-order valence-electron chi connectivity index (χ4n) is 3.74. The van der Waals surface area contributed by atoms with E-state index < -0.39 is 5.25 Å². The van der Waals surface area contributed by atoms with Crippen molar-refractivity contribution < 1.29 is 14.4 Å². The summed E-state index contributed by atoms with van der Waals surface area (Å²) in [5, 5.41) is 21.6. The summed E-state index contributed by atoms with van der Waals surface area (Å²) in [5.74, 6) is 1.56. The number of nitrogens with zero attached hydrogens (tertiary/aromatic N) is 4. The molecule has 0 aliphatic carbocycles. The highest BCUT2D eigenvalue weighted by molar-refractivity contribution is 9.10. The number of hydrogen-bond donors (Lipinski definition) is 0. The number of nitro groups is 1. The second-order valence-corrected chi connectivity index (χ2v) is 11.5. The minimum absolute atomic E-state index is 0.214. The first kappa shape index (κ1) is 29.5. The van der Waals surface area contributed by atoms with Crippen LogP contribution in [0.4, 0.5) is 0 Å². The van der Waals surface area contributed by atoms with Crippen molar-refractivity contribution in [3.05, 3.63) is 101 Å². The van der Waals surface area contributed by atoms with Crippen molar-refractivity contribution in [2.75, 3.05) is 13.2 Å². The van der Waals surface area contributed by atoms with Gasteiger partial charge in [0, 0.05) is 15.6 Å². The van der Waals surface area contributed by atoms with Gasteiger partial charge in [0.05, 0.1) is 21.1 Å². The summed E-state index contributed by atoms with van der Waals surface area (Å²) in [6.07, 6.45) is 0. The Labute approximate surface area is 252 Å². The molecule has 39 heavy (non-hydrogen) atoms. The molecule has 0 saturated carbocycles. The molecule has 0 fully saturated rings. The monoisotopic (exact) mass is 670 g/mol. The fourth-order valence-corrected chi connectivity index (χ4v) is 5.92. The van der Waals surface area contributed by atoms with Gasteiger partial charge in [-0.2, -0.15) is 0 Å². The molecule has 1 heterocycles. The van der Waals surface area contributed by atoms with E-state index in [0.717, 1.165) is 11.3 Å². The van der Waals surface area contributed by atoms with Crippen LogP contribution in [0.3, 0.4) is 0 Å². The molecule has 0 spiro atoms. The van der Waals surface area contributed by atoms with E-state index in [9.17, 15) is 10.1 Å². The number of aromatic nitrogens is 3. The van der Waals surface area contributed by atoms with E-state index in [0.29, 0.717) is 54.2 Å². The van der Waals surface area contributed by atoms with Crippen molar-refractivity contribution in [1.82, 2.24) is 14.8 Å². The Hall–Kier alpha value is -2.50. The molecule has 0 aliphatic heterocycles. The number of benzene rings is 3. The third-order valence-electron chi connectivity index (χ3n) is 5.51. The van der Waals surface area contributed by atoms with Gasteiger partial charge in [0.25, 0.3) is 0 Å². The molecule has 4 rings (SSSR count). The van der Waals surface area contributed by atoms with Gasteiger partial charge in [-0.15, -0.1) is 10.2 Å². The molecular weight excluding hydrogens is 651 g/mol. The van der Waals surface area contributed by atoms with Gasteiger partial charge in [0.15, 0.2) is 16.7 Å². The first-order chi connectivity index (χ1) is 18.7. The molecule has 204 valence electrons. The molecule has 0 unspecified atom stereocenters. The molecule has 1 aromatic heterocycles. The first-order valence-electron chi connectivity index (χ1n) is 11.7. The maximum atomic E-state index is 11.7. The summed E-state index contributed by atoms with van der Waals surface area (Å²) in [6.45, 7) is 3.90. The normalized spacial score (nSPS) is 11.8. The lowest BCUT2D eigenvalue weighted by Gasteiger charge is -2.19. The lowest BCUT2D eigenvalue weighted by atomic mass is 10.1. The van der Waals surface area contributed by atoms with E-state index in [1.165, 1.54) is 11.8 Å². The van der Waals surface area contributed by atoms with Crippen LogP contribution >= 0.6 is 62.5 Å². The molecule has 0 radical (unpaired) electrons. The zero-order valence-corrected chi connectivity index (χ0v) is 25.4. The molecule has 4 aromatic rings. The molecule has 0 amide bonds. The van der Waals surface area contributed by atoms with E-state index in [1.807, 2.05) is 36.6 Å². The minimum atomic E-state index is -0.603. The van der Waals surface area contributed by atoms with Crippen LogP contribution in [-0.4, -0.2) is 32.8 Å². The quantitative estimate of drug-likeness (QED) is 0.0898. The van der Waals surface area contributed by atoms with Crippen molar-refractivity contribution >= 4 is 62.5 Å². The molecular formula is C26H22BrCl3N4O4S. The highest BCUT2D eigenvalue weighted by Gasteiger charge is 2.26. The van der Waals surface area contributed by atoms with Gasteiger partial charge in [-0.25, -0.2) is 0 Å². The Kier molecular flexibility index (Phi) is 10.0. The SMILES string of the molecule is CCOc1cc([C@@H](C[N+](=O)[O-])Sc2nnc(C)n2-c2ccc(Cl)cc2)cc(Br)c1OCc1ccc(Cl)c(Cl)c1. The van der Waals surface area contributed by atoms with E-state index in [2.05, 4.69) is 26.1 Å². The number of rotatable bonds is 11. The van der Waals surface area contributed by atoms with Crippen LogP contribution in [0.15, 0.2) is 64.2 Å². The number of ether oxygens (including phenoxy) is 2. The third-order valence-corrected chi connectivity index (χ3v) is 8.27. The molecule has 1 atom stereocenters. The van der Waals surface area contributed by atoms with Gasteiger partial charge >= 0.3 is 0 Å². The topological polar surface area (TPSA) is 92.3 Å². The van der Waals surface area contributed by atoms with Crippen molar-refractivity contribution in [3.8, 4) is 17.2 Å². The van der Waals surface area contributed by atoms with Gasteiger partial charge in [-0.05, 0) is 89.4 Å². The van der Waals surface area contributed by atoms with Crippen molar-refractivity contribution in [2.45, 2.75) is 30.9 Å². The summed E-state index contributed by atoms with van der Waals surface area (Å²) >= 11 is 23.0. The van der Waals surface area contributed by atoms with Gasteiger partial charge in [0.2, 0.25) is 6.54 Å². The summed E-state index contributed by atoms with van der Waals surface area (Å²) in [4.78, 5) is 11.3. The first-order valence-corrected chi connectivity index (χ1v) is 14.5. The van der Waals surface area contributed by atoms with E-state index >= 15 is 0 Å².